The molecule has 1 aliphatic rings. The number of phenols is 2. The zero-order chi connectivity index (χ0) is 13.4. The molecule has 0 saturated heterocycles. The summed E-state index contributed by atoms with van der Waals surface area (Å²) < 4.78 is 0. The molecule has 1 aliphatic heterocycles. The molecule has 1 heterocycles. The Balaban J connectivity index is 2.07. The van der Waals surface area contributed by atoms with Gasteiger partial charge in [-0.05, 0) is 47.4 Å². The van der Waals surface area contributed by atoms with Crippen LogP contribution < -0.4 is 5.32 Å². The molecule has 0 bridgehead atoms. The minimum Gasteiger partial charge on any atom is -0.504 e. The maximum Gasteiger partial charge on any atom is 0.157 e. The third kappa shape index (κ3) is 2.27. The summed E-state index contributed by atoms with van der Waals surface area (Å²) in [5, 5.41) is 23.4. The minimum atomic E-state index is -0.0820. The van der Waals surface area contributed by atoms with E-state index in [1.165, 1.54) is 0 Å². The highest BCUT2D eigenvalue weighted by molar-refractivity contribution is 6.30. The fourth-order valence-corrected chi connectivity index (χ4v) is 2.66. The van der Waals surface area contributed by atoms with Crippen molar-refractivity contribution in [3.8, 4) is 11.5 Å². The highest BCUT2D eigenvalue weighted by Gasteiger charge is 2.22. The SMILES string of the molecule is Oc1cc2c(cc1O)[C@H](c1ccc(Cl)cc1)NCC2. The Morgan fingerprint density at radius 2 is 1.74 bits per heavy atom. The van der Waals surface area contributed by atoms with Crippen molar-refractivity contribution in [3.63, 3.8) is 0 Å². The van der Waals surface area contributed by atoms with Crippen molar-refractivity contribution >= 4 is 11.6 Å². The van der Waals surface area contributed by atoms with Crippen LogP contribution in [-0.2, 0) is 6.42 Å². The van der Waals surface area contributed by atoms with Crippen molar-refractivity contribution < 1.29 is 10.2 Å². The number of benzene rings is 2. The van der Waals surface area contributed by atoms with Gasteiger partial charge in [-0.3, -0.25) is 0 Å². The lowest BCUT2D eigenvalue weighted by atomic mass is 9.89. The number of phenolic OH excluding ortho intramolecular Hbond substituents is 2. The fraction of sp³-hybridized carbons (Fsp3) is 0.200. The number of nitrogens with one attached hydrogen (secondary N) is 1. The van der Waals surface area contributed by atoms with Crippen LogP contribution in [0.5, 0.6) is 11.5 Å². The van der Waals surface area contributed by atoms with Gasteiger partial charge in [-0.25, -0.2) is 0 Å². The van der Waals surface area contributed by atoms with Gasteiger partial charge in [0.15, 0.2) is 11.5 Å². The number of rotatable bonds is 1. The standard InChI is InChI=1S/C15H14ClNO2/c16-11-3-1-9(2-4-11)15-12-8-14(19)13(18)7-10(12)5-6-17-15/h1-4,7-8,15,17-19H,5-6H2/t15-/m0/s1. The zero-order valence-corrected chi connectivity index (χ0v) is 11.0. The smallest absolute Gasteiger partial charge is 0.157 e. The molecule has 19 heavy (non-hydrogen) atoms. The van der Waals surface area contributed by atoms with Gasteiger partial charge in [-0.1, -0.05) is 23.7 Å². The summed E-state index contributed by atoms with van der Waals surface area (Å²) in [6.45, 7) is 0.838. The van der Waals surface area contributed by atoms with Gasteiger partial charge >= 0.3 is 0 Å². The summed E-state index contributed by atoms with van der Waals surface area (Å²) in [4.78, 5) is 0. The van der Waals surface area contributed by atoms with Crippen molar-refractivity contribution in [2.24, 2.45) is 0 Å². The quantitative estimate of drug-likeness (QED) is 0.702. The molecule has 3 rings (SSSR count). The van der Waals surface area contributed by atoms with Crippen molar-refractivity contribution in [3.05, 3.63) is 58.1 Å². The van der Waals surface area contributed by atoms with Crippen LogP contribution in [0.25, 0.3) is 0 Å². The molecular formula is C15H14ClNO2. The van der Waals surface area contributed by atoms with Gasteiger partial charge in [0.05, 0.1) is 6.04 Å². The second-order valence-corrected chi connectivity index (χ2v) is 5.16. The molecule has 0 amide bonds. The predicted octanol–water partition coefficient (Wildman–Crippen LogP) is 2.99. The minimum absolute atomic E-state index is 0.0208. The van der Waals surface area contributed by atoms with E-state index in [0.717, 1.165) is 29.7 Å². The Hall–Kier alpha value is -1.71. The summed E-state index contributed by atoms with van der Waals surface area (Å²) in [5.41, 5.74) is 3.16. The molecule has 0 saturated carbocycles. The number of aromatic hydroxyl groups is 2. The van der Waals surface area contributed by atoms with E-state index in [4.69, 9.17) is 11.6 Å². The van der Waals surface area contributed by atoms with E-state index in [1.54, 1.807) is 12.1 Å². The van der Waals surface area contributed by atoms with Crippen LogP contribution in [0.1, 0.15) is 22.7 Å². The van der Waals surface area contributed by atoms with Crippen LogP contribution in [0.15, 0.2) is 36.4 Å². The molecule has 3 nitrogen and oxygen atoms in total. The highest BCUT2D eigenvalue weighted by atomic mass is 35.5. The van der Waals surface area contributed by atoms with Gasteiger partial charge in [0.1, 0.15) is 0 Å². The number of hydrogen-bond acceptors (Lipinski definition) is 3. The molecule has 0 aliphatic carbocycles. The molecule has 98 valence electrons. The molecule has 0 aromatic heterocycles. The normalized spacial score (nSPS) is 18.1. The Morgan fingerprint density at radius 3 is 2.47 bits per heavy atom. The second-order valence-electron chi connectivity index (χ2n) is 4.73. The van der Waals surface area contributed by atoms with E-state index in [2.05, 4.69) is 5.32 Å². The second kappa shape index (κ2) is 4.76. The highest BCUT2D eigenvalue weighted by Crippen LogP contribution is 2.36. The summed E-state index contributed by atoms with van der Waals surface area (Å²) in [6.07, 6.45) is 0.841. The number of hydrogen-bond donors (Lipinski definition) is 3. The number of halogens is 1. The van der Waals surface area contributed by atoms with Crippen molar-refractivity contribution in [1.82, 2.24) is 5.32 Å². The molecule has 1 atom stereocenters. The van der Waals surface area contributed by atoms with Gasteiger partial charge in [0.25, 0.3) is 0 Å². The molecule has 4 heteroatoms. The Labute approximate surface area is 116 Å². The molecule has 2 aromatic carbocycles. The molecule has 2 aromatic rings. The Bertz CT molecular complexity index is 610. The van der Waals surface area contributed by atoms with E-state index >= 15 is 0 Å². The average Bonchev–Trinajstić information content (AvgIpc) is 2.41. The summed E-state index contributed by atoms with van der Waals surface area (Å²) >= 11 is 5.90. The van der Waals surface area contributed by atoms with E-state index in [9.17, 15) is 10.2 Å². The van der Waals surface area contributed by atoms with Crippen LogP contribution in [0.3, 0.4) is 0 Å². The predicted molar refractivity (Wildman–Crippen MR) is 74.8 cm³/mol. The number of fused-ring (bicyclic) bond motifs is 1. The van der Waals surface area contributed by atoms with E-state index in [-0.39, 0.29) is 17.5 Å². The summed E-state index contributed by atoms with van der Waals surface area (Å²) in [5.74, 6) is -0.142. The van der Waals surface area contributed by atoms with Crippen molar-refractivity contribution in [2.45, 2.75) is 12.5 Å². The van der Waals surface area contributed by atoms with Gasteiger partial charge in [-0.15, -0.1) is 0 Å². The fourth-order valence-electron chi connectivity index (χ4n) is 2.54. The third-order valence-corrected chi connectivity index (χ3v) is 3.75. The average molecular weight is 276 g/mol. The van der Waals surface area contributed by atoms with Gasteiger partial charge in [-0.2, -0.15) is 0 Å². The first-order chi connectivity index (χ1) is 9.15. The topological polar surface area (TPSA) is 52.5 Å². The van der Waals surface area contributed by atoms with Gasteiger partial charge in [0, 0.05) is 11.6 Å². The summed E-state index contributed by atoms with van der Waals surface area (Å²) in [6, 6.07) is 11.0. The lowest BCUT2D eigenvalue weighted by Gasteiger charge is -2.27. The first kappa shape index (κ1) is 12.3. The van der Waals surface area contributed by atoms with Crippen LogP contribution in [0.2, 0.25) is 5.02 Å². The van der Waals surface area contributed by atoms with Crippen molar-refractivity contribution in [2.75, 3.05) is 6.54 Å². The van der Waals surface area contributed by atoms with Crippen LogP contribution in [-0.4, -0.2) is 16.8 Å². The Kier molecular flexibility index (Phi) is 3.09. The monoisotopic (exact) mass is 275 g/mol. The van der Waals surface area contributed by atoms with Crippen LogP contribution in [0.4, 0.5) is 0 Å². The van der Waals surface area contributed by atoms with Crippen LogP contribution >= 0.6 is 11.6 Å². The first-order valence-corrected chi connectivity index (χ1v) is 6.56. The molecule has 0 fully saturated rings. The van der Waals surface area contributed by atoms with E-state index in [0.29, 0.717) is 5.02 Å². The first-order valence-electron chi connectivity index (χ1n) is 6.19. The molecule has 0 radical (unpaired) electrons. The Morgan fingerprint density at radius 1 is 1.05 bits per heavy atom. The van der Waals surface area contributed by atoms with Gasteiger partial charge in [0.2, 0.25) is 0 Å². The molecule has 0 unspecified atom stereocenters. The van der Waals surface area contributed by atoms with E-state index in [1.807, 2.05) is 24.3 Å². The lowest BCUT2D eigenvalue weighted by Crippen LogP contribution is -2.30. The molecular weight excluding hydrogens is 262 g/mol. The molecule has 0 spiro atoms. The van der Waals surface area contributed by atoms with E-state index < -0.39 is 0 Å². The third-order valence-electron chi connectivity index (χ3n) is 3.49. The maximum atomic E-state index is 9.69. The lowest BCUT2D eigenvalue weighted by molar-refractivity contribution is 0.400. The zero-order valence-electron chi connectivity index (χ0n) is 10.2. The largest absolute Gasteiger partial charge is 0.504 e. The van der Waals surface area contributed by atoms with Crippen molar-refractivity contribution in [1.29, 1.82) is 0 Å². The maximum absolute atomic E-state index is 9.69. The molecule has 3 N–H and O–H groups in total. The summed E-state index contributed by atoms with van der Waals surface area (Å²) in [7, 11) is 0. The van der Waals surface area contributed by atoms with Crippen LogP contribution in [0, 0.1) is 0 Å². The van der Waals surface area contributed by atoms with Gasteiger partial charge < -0.3 is 15.5 Å².